The van der Waals surface area contributed by atoms with E-state index in [1.807, 2.05) is 35.0 Å². The number of rotatable bonds is 8. The first kappa shape index (κ1) is 21.9. The second kappa shape index (κ2) is 9.52. The van der Waals surface area contributed by atoms with Crippen LogP contribution in [0, 0.1) is 0 Å². The van der Waals surface area contributed by atoms with Gasteiger partial charge >= 0.3 is 0 Å². The molecule has 3 aromatic heterocycles. The molecule has 0 amide bonds. The van der Waals surface area contributed by atoms with Gasteiger partial charge in [0.2, 0.25) is 17.5 Å². The molecule has 0 saturated carbocycles. The molecule has 176 valence electrons. The predicted octanol–water partition coefficient (Wildman–Crippen LogP) is 3.68. The van der Waals surface area contributed by atoms with E-state index in [-0.39, 0.29) is 6.04 Å². The number of methoxy groups -OCH3 is 3. The van der Waals surface area contributed by atoms with E-state index in [9.17, 15) is 0 Å². The lowest BCUT2D eigenvalue weighted by molar-refractivity contribution is 0.198. The van der Waals surface area contributed by atoms with Gasteiger partial charge in [0.15, 0.2) is 11.5 Å². The van der Waals surface area contributed by atoms with E-state index in [2.05, 4.69) is 20.0 Å². The third-order valence-electron chi connectivity index (χ3n) is 6.02. The number of nitrogens with zero attached hydrogens (tertiary/aromatic N) is 6. The summed E-state index contributed by atoms with van der Waals surface area (Å²) < 4.78 is 24.1. The highest BCUT2D eigenvalue weighted by atomic mass is 16.5. The Kier molecular flexibility index (Phi) is 6.13. The molecule has 34 heavy (non-hydrogen) atoms. The molecule has 5 rings (SSSR count). The number of hydrogen-bond donors (Lipinski definition) is 0. The van der Waals surface area contributed by atoms with Crippen LogP contribution in [0.4, 0.5) is 0 Å². The number of pyridine rings is 1. The lowest BCUT2D eigenvalue weighted by atomic mass is 10.1. The van der Waals surface area contributed by atoms with Crippen LogP contribution in [0.3, 0.4) is 0 Å². The third kappa shape index (κ3) is 4.08. The van der Waals surface area contributed by atoms with E-state index >= 15 is 0 Å². The van der Waals surface area contributed by atoms with Crippen LogP contribution in [0.2, 0.25) is 0 Å². The average Bonchev–Trinajstić information content (AvgIpc) is 3.65. The van der Waals surface area contributed by atoms with Crippen molar-refractivity contribution in [1.29, 1.82) is 0 Å². The van der Waals surface area contributed by atoms with Crippen molar-refractivity contribution in [3.63, 3.8) is 0 Å². The molecule has 1 fully saturated rings. The molecule has 1 aromatic carbocycles. The lowest BCUT2D eigenvalue weighted by Crippen LogP contribution is -2.23. The van der Waals surface area contributed by atoms with Gasteiger partial charge in [-0.25, -0.2) is 9.97 Å². The number of ether oxygens (including phenoxy) is 3. The first-order valence-electron chi connectivity index (χ1n) is 11.0. The Morgan fingerprint density at radius 3 is 2.65 bits per heavy atom. The van der Waals surface area contributed by atoms with Gasteiger partial charge in [0.1, 0.15) is 12.1 Å². The average molecular weight is 463 g/mol. The predicted molar refractivity (Wildman–Crippen MR) is 123 cm³/mol. The molecule has 10 heteroatoms. The van der Waals surface area contributed by atoms with E-state index in [4.69, 9.17) is 23.7 Å². The van der Waals surface area contributed by atoms with E-state index in [1.165, 1.54) is 0 Å². The first-order chi connectivity index (χ1) is 16.7. The van der Waals surface area contributed by atoms with Gasteiger partial charge in [-0.05, 0) is 37.6 Å². The molecule has 1 aliphatic heterocycles. The van der Waals surface area contributed by atoms with Crippen molar-refractivity contribution in [2.24, 2.45) is 0 Å². The van der Waals surface area contributed by atoms with Gasteiger partial charge in [-0.2, -0.15) is 4.98 Å². The minimum atomic E-state index is 0.0252. The van der Waals surface area contributed by atoms with Crippen molar-refractivity contribution >= 4 is 0 Å². The summed E-state index contributed by atoms with van der Waals surface area (Å²) in [5, 5.41) is 4.22. The largest absolute Gasteiger partial charge is 0.493 e. The molecule has 10 nitrogen and oxygen atoms in total. The molecular weight excluding hydrogens is 436 g/mol. The van der Waals surface area contributed by atoms with E-state index < -0.39 is 0 Å². The Morgan fingerprint density at radius 2 is 1.94 bits per heavy atom. The summed E-state index contributed by atoms with van der Waals surface area (Å²) in [5.74, 6) is 3.79. The minimum absolute atomic E-state index is 0.0252. The molecule has 0 spiro atoms. The second-order valence-corrected chi connectivity index (χ2v) is 7.95. The van der Waals surface area contributed by atoms with Crippen LogP contribution in [0.25, 0.3) is 17.2 Å². The Bertz CT molecular complexity index is 1240. The van der Waals surface area contributed by atoms with Crippen molar-refractivity contribution in [3.05, 3.63) is 60.6 Å². The van der Waals surface area contributed by atoms with Crippen LogP contribution < -0.4 is 14.2 Å². The Morgan fingerprint density at radius 1 is 1.06 bits per heavy atom. The number of benzene rings is 1. The Labute approximate surface area is 197 Å². The molecular formula is C24H26N6O4. The van der Waals surface area contributed by atoms with Crippen molar-refractivity contribution in [3.8, 4) is 34.5 Å². The smallest absolute Gasteiger partial charge is 0.244 e. The number of hydrogen-bond acceptors (Lipinski definition) is 9. The standard InChI is InChI=1S/C24H26N6O4/c1-31-19-8-6-17(21(32-2)22(19)33-3)14-29-11-4-5-18(29)24-27-23(28-34-24)16-7-9-20(26-13-16)30-12-10-25-15-30/h6-10,12-13,15,18H,4-5,11,14H2,1-3H3/t18-/m0/s1. The highest BCUT2D eigenvalue weighted by Crippen LogP contribution is 2.42. The summed E-state index contributed by atoms with van der Waals surface area (Å²) in [6.07, 6.45) is 8.98. The molecule has 4 aromatic rings. The Balaban J connectivity index is 1.35. The Hall–Kier alpha value is -3.92. The van der Waals surface area contributed by atoms with E-state index in [0.717, 1.165) is 36.3 Å². The molecule has 0 bridgehead atoms. The van der Waals surface area contributed by atoms with Crippen LogP contribution in [-0.4, -0.2) is 57.4 Å². The maximum Gasteiger partial charge on any atom is 0.244 e. The van der Waals surface area contributed by atoms with Crippen molar-refractivity contribution in [2.75, 3.05) is 27.9 Å². The fraction of sp³-hybridized carbons (Fsp3) is 0.333. The summed E-state index contributed by atoms with van der Waals surface area (Å²) in [4.78, 5) is 15.5. The van der Waals surface area contributed by atoms with Crippen LogP contribution in [0.1, 0.15) is 30.3 Å². The summed E-state index contributed by atoms with van der Waals surface area (Å²) in [6, 6.07) is 7.75. The zero-order valence-electron chi connectivity index (χ0n) is 19.3. The minimum Gasteiger partial charge on any atom is -0.493 e. The quantitative estimate of drug-likeness (QED) is 0.388. The fourth-order valence-electron chi connectivity index (χ4n) is 4.36. The molecule has 0 N–H and O–H groups in total. The third-order valence-corrected chi connectivity index (χ3v) is 6.02. The summed E-state index contributed by atoms with van der Waals surface area (Å²) >= 11 is 0. The van der Waals surface area contributed by atoms with Crippen LogP contribution in [0.5, 0.6) is 17.2 Å². The number of aromatic nitrogens is 5. The topological polar surface area (TPSA) is 101 Å². The molecule has 0 unspecified atom stereocenters. The molecule has 1 aliphatic rings. The number of likely N-dealkylation sites (tertiary alicyclic amines) is 1. The molecule has 1 atom stereocenters. The molecule has 4 heterocycles. The summed E-state index contributed by atoms with van der Waals surface area (Å²) in [7, 11) is 4.86. The number of imidazole rings is 1. The van der Waals surface area contributed by atoms with Crippen LogP contribution >= 0.6 is 0 Å². The summed E-state index contributed by atoms with van der Waals surface area (Å²) in [5.41, 5.74) is 1.80. The van der Waals surface area contributed by atoms with Gasteiger partial charge in [0.05, 0.1) is 27.4 Å². The van der Waals surface area contributed by atoms with Crippen LogP contribution in [0.15, 0.2) is 53.7 Å². The van der Waals surface area contributed by atoms with Crippen LogP contribution in [-0.2, 0) is 6.54 Å². The fourth-order valence-corrected chi connectivity index (χ4v) is 4.36. The van der Waals surface area contributed by atoms with Gasteiger partial charge in [0.25, 0.3) is 0 Å². The normalized spacial score (nSPS) is 16.0. The second-order valence-electron chi connectivity index (χ2n) is 7.95. The maximum atomic E-state index is 5.69. The van der Waals surface area contributed by atoms with Crippen molar-refractivity contribution < 1.29 is 18.7 Å². The van der Waals surface area contributed by atoms with E-state index in [0.29, 0.717) is 35.5 Å². The van der Waals surface area contributed by atoms with Crippen molar-refractivity contribution in [1.82, 2.24) is 29.6 Å². The molecule has 0 radical (unpaired) electrons. The highest BCUT2D eigenvalue weighted by Gasteiger charge is 2.32. The summed E-state index contributed by atoms with van der Waals surface area (Å²) in [6.45, 7) is 1.58. The SMILES string of the molecule is COc1ccc(CN2CCC[C@H]2c2nc(-c3ccc(-n4ccnc4)nc3)no2)c(OC)c1OC. The monoisotopic (exact) mass is 462 g/mol. The molecule has 1 saturated heterocycles. The van der Waals surface area contributed by atoms with Crippen molar-refractivity contribution in [2.45, 2.75) is 25.4 Å². The van der Waals surface area contributed by atoms with E-state index in [1.54, 1.807) is 40.1 Å². The van der Waals surface area contributed by atoms with Gasteiger partial charge in [-0.1, -0.05) is 11.2 Å². The van der Waals surface area contributed by atoms with Gasteiger partial charge < -0.3 is 18.7 Å². The highest BCUT2D eigenvalue weighted by molar-refractivity contribution is 5.56. The zero-order chi connectivity index (χ0) is 23.5. The van der Waals surface area contributed by atoms with Gasteiger partial charge in [-0.3, -0.25) is 9.47 Å². The zero-order valence-corrected chi connectivity index (χ0v) is 19.3. The molecule has 0 aliphatic carbocycles. The first-order valence-corrected chi connectivity index (χ1v) is 11.0. The lowest BCUT2D eigenvalue weighted by Gasteiger charge is -2.23. The van der Waals surface area contributed by atoms with Gasteiger partial charge in [-0.15, -0.1) is 0 Å². The maximum absolute atomic E-state index is 5.69. The van der Waals surface area contributed by atoms with Gasteiger partial charge in [0, 0.05) is 36.3 Å².